The zero-order chi connectivity index (χ0) is 26.0. The molecule has 4 amide bonds. The maximum absolute atomic E-state index is 13.8. The van der Waals surface area contributed by atoms with Crippen LogP contribution in [0.4, 0.5) is 5.69 Å². The summed E-state index contributed by atoms with van der Waals surface area (Å²) in [6, 6.07) is 19.2. The average molecular weight is 484 g/mol. The van der Waals surface area contributed by atoms with E-state index < -0.39 is 29.8 Å². The molecule has 0 spiro atoms. The van der Waals surface area contributed by atoms with Gasteiger partial charge in [-0.3, -0.25) is 24.1 Å². The third-order valence-electron chi connectivity index (χ3n) is 6.60. The first-order valence-corrected chi connectivity index (χ1v) is 12.0. The van der Waals surface area contributed by atoms with E-state index in [1.54, 1.807) is 55.5 Å². The van der Waals surface area contributed by atoms with Crippen molar-refractivity contribution in [3.63, 3.8) is 0 Å². The van der Waals surface area contributed by atoms with Crippen LogP contribution >= 0.6 is 0 Å². The van der Waals surface area contributed by atoms with Crippen LogP contribution in [0.25, 0.3) is 0 Å². The van der Waals surface area contributed by atoms with Crippen LogP contribution in [-0.2, 0) is 9.59 Å². The van der Waals surface area contributed by atoms with E-state index in [1.807, 2.05) is 38.1 Å². The maximum atomic E-state index is 13.8. The lowest BCUT2D eigenvalue weighted by atomic mass is 10.0. The minimum absolute atomic E-state index is 0.200. The zero-order valence-corrected chi connectivity index (χ0v) is 20.8. The lowest BCUT2D eigenvalue weighted by molar-refractivity contribution is -0.141. The van der Waals surface area contributed by atoms with Crippen LogP contribution in [0.3, 0.4) is 0 Å². The predicted molar refractivity (Wildman–Crippen MR) is 138 cm³/mol. The summed E-state index contributed by atoms with van der Waals surface area (Å²) in [5.74, 6) is -1.88. The predicted octanol–water partition coefficient (Wildman–Crippen LogP) is 4.52. The Hall–Kier alpha value is -4.26. The van der Waals surface area contributed by atoms with Crippen molar-refractivity contribution >= 4 is 29.3 Å². The van der Waals surface area contributed by atoms with E-state index in [-0.39, 0.29) is 23.6 Å². The highest BCUT2D eigenvalue weighted by molar-refractivity contribution is 6.22. The van der Waals surface area contributed by atoms with Crippen molar-refractivity contribution in [2.24, 2.45) is 0 Å². The Bertz CT molecular complexity index is 1280. The molecule has 1 aliphatic heterocycles. The Morgan fingerprint density at radius 1 is 0.833 bits per heavy atom. The topological polar surface area (TPSA) is 86.8 Å². The summed E-state index contributed by atoms with van der Waals surface area (Å²) in [5.41, 5.74) is 3.69. The molecule has 0 aliphatic carbocycles. The Kier molecular flexibility index (Phi) is 7.01. The Balaban J connectivity index is 1.68. The largest absolute Gasteiger partial charge is 0.325 e. The molecule has 3 aromatic rings. The normalized spacial score (nSPS) is 14.3. The van der Waals surface area contributed by atoms with Gasteiger partial charge in [0.15, 0.2) is 0 Å². The molecule has 7 heteroatoms. The van der Waals surface area contributed by atoms with Crippen molar-refractivity contribution in [1.29, 1.82) is 0 Å². The second-order valence-electron chi connectivity index (χ2n) is 8.90. The maximum Gasteiger partial charge on any atom is 0.262 e. The van der Waals surface area contributed by atoms with Gasteiger partial charge in [-0.05, 0) is 56.5 Å². The molecule has 0 unspecified atom stereocenters. The highest BCUT2D eigenvalue weighted by atomic mass is 16.2. The first-order valence-electron chi connectivity index (χ1n) is 12.0. The molecule has 0 aromatic heterocycles. The van der Waals surface area contributed by atoms with Crippen LogP contribution in [0.15, 0.2) is 72.8 Å². The number of aryl methyl sites for hydroxylation is 2. The van der Waals surface area contributed by atoms with Gasteiger partial charge in [-0.25, -0.2) is 0 Å². The number of anilines is 1. The third kappa shape index (κ3) is 4.40. The average Bonchev–Trinajstić information content (AvgIpc) is 3.14. The van der Waals surface area contributed by atoms with E-state index >= 15 is 0 Å². The molecule has 0 bridgehead atoms. The van der Waals surface area contributed by atoms with Crippen molar-refractivity contribution in [3.8, 4) is 0 Å². The highest BCUT2D eigenvalue weighted by Crippen LogP contribution is 2.29. The van der Waals surface area contributed by atoms with E-state index in [0.717, 1.165) is 16.0 Å². The standard InChI is InChI=1S/C29H29N3O4/c1-5-31(27(34)20(4)32-28(35)22-16-9-10-17-23(22)29(32)36)25(21-14-7-6-8-15-21)26(33)30-24-18(2)12-11-13-19(24)3/h6-17,20,25H,5H2,1-4H3,(H,30,33)/t20-,25-/m1/s1. The molecule has 1 heterocycles. The molecular weight excluding hydrogens is 454 g/mol. The lowest BCUT2D eigenvalue weighted by Gasteiger charge is -2.34. The van der Waals surface area contributed by atoms with E-state index in [4.69, 9.17) is 0 Å². The monoisotopic (exact) mass is 483 g/mol. The fourth-order valence-corrected chi connectivity index (χ4v) is 4.69. The summed E-state index contributed by atoms with van der Waals surface area (Å²) in [7, 11) is 0. The van der Waals surface area contributed by atoms with Gasteiger partial charge < -0.3 is 10.2 Å². The quantitative estimate of drug-likeness (QED) is 0.501. The number of nitrogens with zero attached hydrogens (tertiary/aromatic N) is 2. The SMILES string of the molecule is CCN(C(=O)[C@@H](C)N1C(=O)c2ccccc2C1=O)[C@@H](C(=O)Nc1c(C)cccc1C)c1ccccc1. The van der Waals surface area contributed by atoms with Gasteiger partial charge in [0.05, 0.1) is 11.1 Å². The number of hydrogen-bond donors (Lipinski definition) is 1. The third-order valence-corrected chi connectivity index (χ3v) is 6.60. The number of hydrogen-bond acceptors (Lipinski definition) is 4. The van der Waals surface area contributed by atoms with Gasteiger partial charge in [-0.15, -0.1) is 0 Å². The molecule has 0 saturated heterocycles. The number of carbonyl (C=O) groups excluding carboxylic acids is 4. The number of nitrogens with one attached hydrogen (secondary N) is 1. The molecule has 4 rings (SSSR count). The fourth-order valence-electron chi connectivity index (χ4n) is 4.69. The van der Waals surface area contributed by atoms with Crippen molar-refractivity contribution in [2.45, 2.75) is 39.8 Å². The van der Waals surface area contributed by atoms with Crippen LogP contribution in [-0.4, -0.2) is 46.0 Å². The minimum Gasteiger partial charge on any atom is -0.325 e. The van der Waals surface area contributed by atoms with Crippen molar-refractivity contribution in [1.82, 2.24) is 9.80 Å². The molecule has 0 radical (unpaired) electrons. The van der Waals surface area contributed by atoms with Gasteiger partial charge >= 0.3 is 0 Å². The molecule has 1 aliphatic rings. The zero-order valence-electron chi connectivity index (χ0n) is 20.8. The fraction of sp³-hybridized carbons (Fsp3) is 0.241. The van der Waals surface area contributed by atoms with E-state index in [0.29, 0.717) is 11.3 Å². The van der Waals surface area contributed by atoms with Crippen LogP contribution in [0.5, 0.6) is 0 Å². The van der Waals surface area contributed by atoms with Gasteiger partial charge in [-0.2, -0.15) is 0 Å². The number of rotatable bonds is 7. The number of fused-ring (bicyclic) bond motifs is 1. The van der Waals surface area contributed by atoms with Crippen LogP contribution in [0.2, 0.25) is 0 Å². The smallest absolute Gasteiger partial charge is 0.262 e. The van der Waals surface area contributed by atoms with Gasteiger partial charge in [-0.1, -0.05) is 60.7 Å². The number of amides is 4. The van der Waals surface area contributed by atoms with Crippen LogP contribution < -0.4 is 5.32 Å². The lowest BCUT2D eigenvalue weighted by Crippen LogP contribution is -2.52. The highest BCUT2D eigenvalue weighted by Gasteiger charge is 2.43. The number of para-hydroxylation sites is 1. The summed E-state index contributed by atoms with van der Waals surface area (Å²) in [6.07, 6.45) is 0. The molecule has 0 saturated carbocycles. The Morgan fingerprint density at radius 2 is 1.36 bits per heavy atom. The summed E-state index contributed by atoms with van der Waals surface area (Å²) >= 11 is 0. The minimum atomic E-state index is -1.09. The molecule has 36 heavy (non-hydrogen) atoms. The summed E-state index contributed by atoms with van der Waals surface area (Å²) < 4.78 is 0. The number of benzene rings is 3. The van der Waals surface area contributed by atoms with Crippen molar-refractivity contribution in [2.75, 3.05) is 11.9 Å². The van der Waals surface area contributed by atoms with Gasteiger partial charge in [0.1, 0.15) is 12.1 Å². The van der Waals surface area contributed by atoms with E-state index in [2.05, 4.69) is 5.32 Å². The molecule has 1 N–H and O–H groups in total. The van der Waals surface area contributed by atoms with Crippen molar-refractivity contribution < 1.29 is 19.2 Å². The molecule has 7 nitrogen and oxygen atoms in total. The molecule has 2 atom stereocenters. The number of likely N-dealkylation sites (N-methyl/N-ethyl adjacent to an activating group) is 1. The van der Waals surface area contributed by atoms with Crippen LogP contribution in [0.1, 0.15) is 57.3 Å². The second kappa shape index (κ2) is 10.2. The summed E-state index contributed by atoms with van der Waals surface area (Å²) in [6.45, 7) is 7.32. The summed E-state index contributed by atoms with van der Waals surface area (Å²) in [4.78, 5) is 56.0. The molecule has 0 fully saturated rings. The second-order valence-corrected chi connectivity index (χ2v) is 8.90. The number of imide groups is 1. The van der Waals surface area contributed by atoms with Crippen LogP contribution in [0, 0.1) is 13.8 Å². The van der Waals surface area contributed by atoms with Gasteiger partial charge in [0.2, 0.25) is 5.91 Å². The molecule has 184 valence electrons. The summed E-state index contributed by atoms with van der Waals surface area (Å²) in [5, 5.41) is 3.01. The van der Waals surface area contributed by atoms with Crippen molar-refractivity contribution in [3.05, 3.63) is 101 Å². The van der Waals surface area contributed by atoms with E-state index in [1.165, 1.54) is 11.8 Å². The molecular formula is C29H29N3O4. The Labute approximate surface area is 210 Å². The molecule has 3 aromatic carbocycles. The number of carbonyl (C=O) groups is 4. The first-order chi connectivity index (χ1) is 17.3. The first kappa shape index (κ1) is 24.9. The van der Waals surface area contributed by atoms with Gasteiger partial charge in [0.25, 0.3) is 17.7 Å². The van der Waals surface area contributed by atoms with Gasteiger partial charge in [0, 0.05) is 12.2 Å². The Morgan fingerprint density at radius 3 is 1.89 bits per heavy atom. The van der Waals surface area contributed by atoms with E-state index in [9.17, 15) is 19.2 Å².